The monoisotopic (exact) mass is 175 g/mol. The van der Waals surface area contributed by atoms with Crippen LogP contribution in [-0.2, 0) is 0 Å². The lowest BCUT2D eigenvalue weighted by molar-refractivity contribution is 0.134. The average molecular weight is 175 g/mol. The number of carboxylic acid groups (broad SMARTS) is 1. The molecule has 0 atom stereocenters. The molecular formula is C8H17NO3. The van der Waals surface area contributed by atoms with Gasteiger partial charge in [0, 0.05) is 19.7 Å². The van der Waals surface area contributed by atoms with E-state index in [0.717, 1.165) is 0 Å². The Morgan fingerprint density at radius 2 is 2.08 bits per heavy atom. The van der Waals surface area contributed by atoms with Crippen LogP contribution >= 0.6 is 0 Å². The molecule has 12 heavy (non-hydrogen) atoms. The normalized spacial score (nSPS) is 10.3. The highest BCUT2D eigenvalue weighted by atomic mass is 16.4. The van der Waals surface area contributed by atoms with Gasteiger partial charge in [0.1, 0.15) is 0 Å². The van der Waals surface area contributed by atoms with Gasteiger partial charge in [-0.1, -0.05) is 13.8 Å². The summed E-state index contributed by atoms with van der Waals surface area (Å²) < 4.78 is 0. The van der Waals surface area contributed by atoms with E-state index in [1.807, 2.05) is 13.8 Å². The number of rotatable bonds is 5. The largest absolute Gasteiger partial charge is 0.465 e. The van der Waals surface area contributed by atoms with Gasteiger partial charge in [-0.25, -0.2) is 4.79 Å². The molecule has 0 aromatic heterocycles. The molecule has 0 radical (unpaired) electrons. The van der Waals surface area contributed by atoms with Crippen LogP contribution in [-0.4, -0.2) is 40.9 Å². The molecule has 0 bridgehead atoms. The zero-order valence-electron chi connectivity index (χ0n) is 7.66. The first-order valence-corrected chi connectivity index (χ1v) is 4.16. The predicted molar refractivity (Wildman–Crippen MR) is 46.1 cm³/mol. The first kappa shape index (κ1) is 11.2. The quantitative estimate of drug-likeness (QED) is 0.655. The van der Waals surface area contributed by atoms with Gasteiger partial charge in [-0.3, -0.25) is 0 Å². The van der Waals surface area contributed by atoms with Crippen molar-refractivity contribution in [2.75, 3.05) is 19.7 Å². The summed E-state index contributed by atoms with van der Waals surface area (Å²) in [6.07, 6.45) is -0.392. The molecule has 0 rings (SSSR count). The Labute approximate surface area is 72.8 Å². The van der Waals surface area contributed by atoms with Gasteiger partial charge in [0.2, 0.25) is 0 Å². The number of aliphatic hydroxyl groups excluding tert-OH is 1. The van der Waals surface area contributed by atoms with Crippen molar-refractivity contribution >= 4 is 6.09 Å². The third kappa shape index (κ3) is 4.96. The summed E-state index contributed by atoms with van der Waals surface area (Å²) in [5.74, 6) is 0.333. The van der Waals surface area contributed by atoms with Gasteiger partial charge >= 0.3 is 6.09 Å². The smallest absolute Gasteiger partial charge is 0.407 e. The number of nitrogens with zero attached hydrogens (tertiary/aromatic N) is 1. The molecule has 0 aliphatic heterocycles. The Morgan fingerprint density at radius 1 is 1.50 bits per heavy atom. The van der Waals surface area contributed by atoms with Crippen LogP contribution in [0.25, 0.3) is 0 Å². The fourth-order valence-electron chi connectivity index (χ4n) is 0.967. The molecule has 2 N–H and O–H groups in total. The van der Waals surface area contributed by atoms with Crippen LogP contribution in [0, 0.1) is 5.92 Å². The van der Waals surface area contributed by atoms with E-state index in [9.17, 15) is 4.79 Å². The fourth-order valence-corrected chi connectivity index (χ4v) is 0.967. The van der Waals surface area contributed by atoms with Crippen LogP contribution in [0.2, 0.25) is 0 Å². The van der Waals surface area contributed by atoms with Gasteiger partial charge < -0.3 is 15.1 Å². The summed E-state index contributed by atoms with van der Waals surface area (Å²) in [7, 11) is 0. The van der Waals surface area contributed by atoms with Crippen molar-refractivity contribution in [1.29, 1.82) is 0 Å². The van der Waals surface area contributed by atoms with Crippen LogP contribution in [0.4, 0.5) is 4.79 Å². The summed E-state index contributed by atoms with van der Waals surface area (Å²) in [6.45, 7) is 4.94. The third-order valence-corrected chi connectivity index (χ3v) is 1.44. The highest BCUT2D eigenvalue weighted by Gasteiger charge is 2.11. The van der Waals surface area contributed by atoms with Gasteiger partial charge in [-0.05, 0) is 12.3 Å². The molecule has 72 valence electrons. The van der Waals surface area contributed by atoms with Crippen LogP contribution in [0.3, 0.4) is 0 Å². The van der Waals surface area contributed by atoms with Crippen molar-refractivity contribution in [2.45, 2.75) is 20.3 Å². The topological polar surface area (TPSA) is 60.8 Å². The molecule has 0 heterocycles. The van der Waals surface area contributed by atoms with E-state index in [1.165, 1.54) is 4.90 Å². The van der Waals surface area contributed by atoms with E-state index in [-0.39, 0.29) is 6.61 Å². The summed E-state index contributed by atoms with van der Waals surface area (Å²) in [4.78, 5) is 11.9. The first-order valence-electron chi connectivity index (χ1n) is 4.16. The van der Waals surface area contributed by atoms with Crippen LogP contribution in [0.15, 0.2) is 0 Å². The molecule has 0 saturated heterocycles. The van der Waals surface area contributed by atoms with E-state index < -0.39 is 6.09 Å². The maximum absolute atomic E-state index is 10.6. The van der Waals surface area contributed by atoms with Crippen molar-refractivity contribution in [1.82, 2.24) is 4.90 Å². The van der Waals surface area contributed by atoms with E-state index >= 15 is 0 Å². The van der Waals surface area contributed by atoms with E-state index in [2.05, 4.69) is 0 Å². The molecule has 1 amide bonds. The fraction of sp³-hybridized carbons (Fsp3) is 0.875. The average Bonchev–Trinajstić information content (AvgIpc) is 1.96. The molecule has 0 saturated carbocycles. The Bertz CT molecular complexity index is 136. The standard InChI is InChI=1S/C8H17NO3/c1-7(2)6-9(8(11)12)4-3-5-10/h7,10H,3-6H2,1-2H3,(H,11,12). The van der Waals surface area contributed by atoms with E-state index in [0.29, 0.717) is 25.4 Å². The zero-order chi connectivity index (χ0) is 9.56. The molecule has 0 spiro atoms. The Hall–Kier alpha value is -0.770. The Balaban J connectivity index is 3.78. The van der Waals surface area contributed by atoms with Gasteiger partial charge in [0.25, 0.3) is 0 Å². The maximum Gasteiger partial charge on any atom is 0.407 e. The lowest BCUT2D eigenvalue weighted by atomic mass is 10.2. The SMILES string of the molecule is CC(C)CN(CCCO)C(=O)O. The minimum absolute atomic E-state index is 0.0435. The molecule has 0 aliphatic rings. The second-order valence-corrected chi connectivity index (χ2v) is 3.20. The first-order chi connectivity index (χ1) is 5.57. The third-order valence-electron chi connectivity index (χ3n) is 1.44. The maximum atomic E-state index is 10.6. The van der Waals surface area contributed by atoms with Crippen LogP contribution < -0.4 is 0 Å². The Morgan fingerprint density at radius 3 is 2.42 bits per heavy atom. The zero-order valence-corrected chi connectivity index (χ0v) is 7.66. The van der Waals surface area contributed by atoms with E-state index in [1.54, 1.807) is 0 Å². The molecule has 0 aromatic rings. The number of hydrogen-bond acceptors (Lipinski definition) is 2. The van der Waals surface area contributed by atoms with Gasteiger partial charge in [0.15, 0.2) is 0 Å². The summed E-state index contributed by atoms with van der Waals surface area (Å²) in [5, 5.41) is 17.2. The molecule has 0 aromatic carbocycles. The molecule has 0 fully saturated rings. The minimum atomic E-state index is -0.905. The van der Waals surface area contributed by atoms with Gasteiger partial charge in [-0.15, -0.1) is 0 Å². The van der Waals surface area contributed by atoms with Crippen LogP contribution in [0.5, 0.6) is 0 Å². The molecule has 4 heteroatoms. The number of hydrogen-bond donors (Lipinski definition) is 2. The van der Waals surface area contributed by atoms with E-state index in [4.69, 9.17) is 10.2 Å². The Kier molecular flexibility index (Phi) is 5.45. The second-order valence-electron chi connectivity index (χ2n) is 3.20. The summed E-state index contributed by atoms with van der Waals surface area (Å²) in [5.41, 5.74) is 0. The highest BCUT2D eigenvalue weighted by molar-refractivity contribution is 5.64. The number of carbonyl (C=O) groups is 1. The minimum Gasteiger partial charge on any atom is -0.465 e. The summed E-state index contributed by atoms with van der Waals surface area (Å²) >= 11 is 0. The van der Waals surface area contributed by atoms with Crippen molar-refractivity contribution in [3.05, 3.63) is 0 Å². The lowest BCUT2D eigenvalue weighted by Gasteiger charge is -2.20. The molecule has 4 nitrogen and oxygen atoms in total. The van der Waals surface area contributed by atoms with Crippen molar-refractivity contribution in [3.8, 4) is 0 Å². The second kappa shape index (κ2) is 5.83. The number of aliphatic hydroxyl groups is 1. The lowest BCUT2D eigenvalue weighted by Crippen LogP contribution is -2.34. The molecular weight excluding hydrogens is 158 g/mol. The molecule has 0 aliphatic carbocycles. The highest BCUT2D eigenvalue weighted by Crippen LogP contribution is 1.99. The predicted octanol–water partition coefficient (Wildman–Crippen LogP) is 1.00. The number of amides is 1. The van der Waals surface area contributed by atoms with Crippen molar-refractivity contribution < 1.29 is 15.0 Å². The van der Waals surface area contributed by atoms with Gasteiger partial charge in [0.05, 0.1) is 0 Å². The van der Waals surface area contributed by atoms with Crippen molar-refractivity contribution in [2.24, 2.45) is 5.92 Å². The molecule has 0 unspecified atom stereocenters. The summed E-state index contributed by atoms with van der Waals surface area (Å²) in [6, 6.07) is 0. The van der Waals surface area contributed by atoms with Crippen molar-refractivity contribution in [3.63, 3.8) is 0 Å². The van der Waals surface area contributed by atoms with Gasteiger partial charge in [-0.2, -0.15) is 0 Å². The van der Waals surface area contributed by atoms with Crippen LogP contribution in [0.1, 0.15) is 20.3 Å².